The van der Waals surface area contributed by atoms with E-state index in [0.29, 0.717) is 82.9 Å². The molecule has 13 rings (SSSR count). The molecule has 2 aliphatic carbocycles. The third-order valence-electron chi connectivity index (χ3n) is 16.8. The van der Waals surface area contributed by atoms with E-state index in [4.69, 9.17) is 4.74 Å². The molecule has 0 atom stereocenters. The highest BCUT2D eigenvalue weighted by atomic mass is 19.4. The van der Waals surface area contributed by atoms with Gasteiger partial charge in [-0.3, -0.25) is 4.79 Å². The molecule has 0 radical (unpaired) electrons. The molecule has 0 fully saturated rings. The number of nitrogens with zero attached hydrogens (tertiary/aromatic N) is 2. The molecule has 9 aromatic rings. The van der Waals surface area contributed by atoms with Gasteiger partial charge in [-0.2, -0.15) is 39.5 Å². The third-order valence-corrected chi connectivity index (χ3v) is 16.8. The van der Waals surface area contributed by atoms with Crippen molar-refractivity contribution in [1.82, 2.24) is 4.48 Å². The number of aryl methyl sites for hydroxylation is 5. The molecule has 0 bridgehead atoms. The summed E-state index contributed by atoms with van der Waals surface area (Å²) in [6, 6.07) is 26.5. The van der Waals surface area contributed by atoms with Gasteiger partial charge in [0.25, 0.3) is 0 Å². The van der Waals surface area contributed by atoms with Gasteiger partial charge in [-0.15, -0.1) is 0 Å². The number of aromatic nitrogens is 1. The van der Waals surface area contributed by atoms with Crippen LogP contribution in [0.1, 0.15) is 98.6 Å². The van der Waals surface area contributed by atoms with E-state index in [9.17, 15) is 44.3 Å². The molecule has 3 heterocycles. The van der Waals surface area contributed by atoms with Crippen molar-refractivity contribution in [1.29, 1.82) is 0 Å². The molecular formula is C62H44BF11N2O2. The maximum absolute atomic E-state index is 18.3. The summed E-state index contributed by atoms with van der Waals surface area (Å²) in [6.45, 7) is 3.07. The standard InChI is InChI=1S/C62H44BF11N2O2/c1-30-28-37(78-49(77)15-9-12-36-18-21-42-44-23-26-47(61(67,68)69)54-48(62(70,71)72)27-24-45(53(44)54)43-22-25-46(60(64,65)66)51(36)52(42)43)29-31(2)50(30)55-56-32(3)38-19-16-34-10-5-7-13-40(34)58(38)75(56)63(73,74)76-57(55)33(4)39-20-17-35-11-6-8-14-41(35)59(39)76/h5-8,10-11,13-14,18,21-29H,9,12,15-17,19-20H2,1-4H3. The Balaban J connectivity index is 0.869. The quantitative estimate of drug-likeness (QED) is 0.0415. The van der Waals surface area contributed by atoms with Crippen molar-refractivity contribution in [2.75, 3.05) is 0 Å². The average Bonchev–Trinajstić information content (AvgIpc) is 2.60. The van der Waals surface area contributed by atoms with Crippen LogP contribution in [0.4, 0.5) is 48.1 Å². The minimum atomic E-state index is -5.18. The van der Waals surface area contributed by atoms with Crippen molar-refractivity contribution in [3.05, 3.63) is 198 Å². The predicted octanol–water partition coefficient (Wildman–Crippen LogP) is 17.0. The van der Waals surface area contributed by atoms with Crippen molar-refractivity contribution in [2.24, 2.45) is 0 Å². The number of hydrogen-bond acceptors (Lipinski definition) is 2. The van der Waals surface area contributed by atoms with Gasteiger partial charge >= 0.3 is 31.5 Å². The molecule has 1 aromatic heterocycles. The second kappa shape index (κ2) is 16.9. The number of esters is 1. The van der Waals surface area contributed by atoms with E-state index >= 15 is 8.63 Å². The van der Waals surface area contributed by atoms with Crippen LogP contribution in [0, 0.1) is 20.8 Å². The molecular weight excluding hydrogens is 1020 g/mol. The van der Waals surface area contributed by atoms with Gasteiger partial charge in [0.15, 0.2) is 11.4 Å². The van der Waals surface area contributed by atoms with E-state index in [1.165, 1.54) is 21.1 Å². The zero-order chi connectivity index (χ0) is 54.9. The number of ether oxygens (including phenoxy) is 1. The topological polar surface area (TPSA) is 34.2 Å². The molecule has 4 nitrogen and oxygen atoms in total. The van der Waals surface area contributed by atoms with E-state index in [2.05, 4.69) is 0 Å². The Kier molecular flexibility index (Phi) is 10.8. The Morgan fingerprint density at radius 3 is 1.71 bits per heavy atom. The highest BCUT2D eigenvalue weighted by molar-refractivity contribution is 6.59. The first kappa shape index (κ1) is 49.8. The number of halogens is 11. The average molecular weight is 1070 g/mol. The molecule has 78 heavy (non-hydrogen) atoms. The van der Waals surface area contributed by atoms with Gasteiger partial charge in [-0.05, 0) is 190 Å². The van der Waals surface area contributed by atoms with E-state index in [0.717, 1.165) is 68.8 Å². The van der Waals surface area contributed by atoms with Gasteiger partial charge < -0.3 is 22.3 Å². The lowest BCUT2D eigenvalue weighted by molar-refractivity contribution is -0.362. The third kappa shape index (κ3) is 7.12. The lowest BCUT2D eigenvalue weighted by Crippen LogP contribution is -2.52. The van der Waals surface area contributed by atoms with Crippen molar-refractivity contribution in [3.8, 4) is 17.0 Å². The van der Waals surface area contributed by atoms with Gasteiger partial charge in [0, 0.05) is 39.9 Å². The van der Waals surface area contributed by atoms with Crippen LogP contribution in [0.15, 0.2) is 126 Å². The zero-order valence-corrected chi connectivity index (χ0v) is 42.3. The number of fused-ring (bicyclic) bond motifs is 11. The lowest BCUT2D eigenvalue weighted by atomic mass is 9.81. The number of allylic oxidation sites excluding steroid dienone is 2. The fourth-order valence-corrected chi connectivity index (χ4v) is 13.7. The first-order valence-corrected chi connectivity index (χ1v) is 25.7. The first-order chi connectivity index (χ1) is 37.0. The summed E-state index contributed by atoms with van der Waals surface area (Å²) in [7, 11) is 0. The Morgan fingerprint density at radius 1 is 0.603 bits per heavy atom. The molecule has 8 aromatic carbocycles. The predicted molar refractivity (Wildman–Crippen MR) is 280 cm³/mol. The fraction of sp³-hybridized carbons (Fsp3) is 0.226. The Hall–Kier alpha value is -7.75. The smallest absolute Gasteiger partial charge is 0.427 e. The molecule has 0 spiro atoms. The maximum atomic E-state index is 18.3. The summed E-state index contributed by atoms with van der Waals surface area (Å²) < 4.78 is 176. The summed E-state index contributed by atoms with van der Waals surface area (Å²) in [4.78, 5) is 13.8. The molecule has 0 unspecified atom stereocenters. The minimum Gasteiger partial charge on any atom is -0.427 e. The molecule has 394 valence electrons. The van der Waals surface area contributed by atoms with Gasteiger partial charge in [0.1, 0.15) is 5.75 Å². The van der Waals surface area contributed by atoms with Crippen molar-refractivity contribution >= 4 is 67.3 Å². The monoisotopic (exact) mass is 1070 g/mol. The summed E-state index contributed by atoms with van der Waals surface area (Å²) in [5.74, 6) is -0.511. The highest BCUT2D eigenvalue weighted by Gasteiger charge is 2.59. The van der Waals surface area contributed by atoms with Gasteiger partial charge in [0.05, 0.1) is 22.3 Å². The van der Waals surface area contributed by atoms with Crippen molar-refractivity contribution < 1.29 is 62.2 Å². The second-order valence-electron chi connectivity index (χ2n) is 21.1. The van der Waals surface area contributed by atoms with Crippen LogP contribution in [0.5, 0.6) is 5.75 Å². The molecule has 0 N–H and O–H groups in total. The summed E-state index contributed by atoms with van der Waals surface area (Å²) in [6.07, 6.45) is -13.0. The number of carbonyl (C=O) groups is 1. The largest absolute Gasteiger partial charge is 0.737 e. The summed E-state index contributed by atoms with van der Waals surface area (Å²) in [5, 5.41) is -1.79. The normalized spacial score (nSPS) is 16.1. The van der Waals surface area contributed by atoms with Crippen LogP contribution >= 0.6 is 0 Å². The fourth-order valence-electron chi connectivity index (χ4n) is 13.7. The lowest BCUT2D eigenvalue weighted by Gasteiger charge is -2.36. The Labute approximate surface area is 439 Å². The minimum absolute atomic E-state index is 0.00289. The zero-order valence-electron chi connectivity index (χ0n) is 42.3. The number of benzene rings is 8. The number of hydrogen-bond donors (Lipinski definition) is 0. The van der Waals surface area contributed by atoms with Crippen molar-refractivity contribution in [3.63, 3.8) is 0 Å². The van der Waals surface area contributed by atoms with Crippen molar-refractivity contribution in [2.45, 2.75) is 91.2 Å². The Bertz CT molecular complexity index is 4170. The SMILES string of the molecule is CC1=C2CCc3ccccc3C2=[N+]2C1=C(c1c(C)cc(OC(=O)CCCc3ccc4c5ccc(C(F)(F)F)c6c(C(F)(F)F)ccc(c7ccc(C(F)(F)F)c3c47)c65)cc1C)c1c(C)c3c(n1[B-]2(F)F)-c1ccccc1CC3. The van der Waals surface area contributed by atoms with Crippen LogP contribution in [-0.4, -0.2) is 27.6 Å². The molecule has 0 saturated carbocycles. The van der Waals surface area contributed by atoms with Gasteiger partial charge in [-0.1, -0.05) is 72.8 Å². The van der Waals surface area contributed by atoms with Gasteiger partial charge in [0.2, 0.25) is 0 Å². The van der Waals surface area contributed by atoms with Crippen LogP contribution in [0.25, 0.3) is 59.9 Å². The molecule has 0 amide bonds. The maximum Gasteiger partial charge on any atom is 0.737 e. The number of alkyl halides is 9. The number of carbonyl (C=O) groups excluding carboxylic acids is 1. The van der Waals surface area contributed by atoms with Crippen LogP contribution in [0.2, 0.25) is 0 Å². The summed E-state index contributed by atoms with van der Waals surface area (Å²) >= 11 is 0. The van der Waals surface area contributed by atoms with Crippen LogP contribution in [0.3, 0.4) is 0 Å². The first-order valence-electron chi connectivity index (χ1n) is 25.7. The molecule has 4 aliphatic rings. The highest BCUT2D eigenvalue weighted by Crippen LogP contribution is 2.55. The second-order valence-corrected chi connectivity index (χ2v) is 21.1. The van der Waals surface area contributed by atoms with Crippen LogP contribution < -0.4 is 4.74 Å². The molecule has 0 saturated heterocycles. The number of rotatable bonds is 6. The Morgan fingerprint density at radius 2 is 1.12 bits per heavy atom. The van der Waals surface area contributed by atoms with Crippen LogP contribution in [-0.2, 0) is 49.0 Å². The van der Waals surface area contributed by atoms with E-state index in [1.54, 1.807) is 12.1 Å². The van der Waals surface area contributed by atoms with Gasteiger partial charge in [-0.25, -0.2) is 0 Å². The van der Waals surface area contributed by atoms with E-state index < -0.39 is 53.5 Å². The summed E-state index contributed by atoms with van der Waals surface area (Å²) in [5.41, 5.74) is 7.50. The molecule has 16 heteroatoms. The van der Waals surface area contributed by atoms with E-state index in [-0.39, 0.29) is 68.3 Å². The molecule has 2 aliphatic heterocycles. The van der Waals surface area contributed by atoms with E-state index in [1.807, 2.05) is 76.2 Å².